The van der Waals surface area contributed by atoms with E-state index in [9.17, 15) is 4.79 Å². The van der Waals surface area contributed by atoms with Gasteiger partial charge < -0.3 is 15.8 Å². The number of nitrogens with one attached hydrogen (secondary N) is 1. The Morgan fingerprint density at radius 3 is 2.63 bits per heavy atom. The van der Waals surface area contributed by atoms with E-state index in [1.54, 1.807) is 0 Å². The minimum atomic E-state index is 0.0000983. The lowest BCUT2D eigenvalue weighted by molar-refractivity contribution is -0.116. The molecule has 1 aromatic carbocycles. The van der Waals surface area contributed by atoms with Crippen LogP contribution >= 0.6 is 0 Å². The van der Waals surface area contributed by atoms with Crippen molar-refractivity contribution in [3.8, 4) is 5.75 Å². The lowest BCUT2D eigenvalue weighted by Gasteiger charge is -2.15. The standard InChI is InChI=1S/C15H24N2O2/c1-11(2)19-14-7-5-4-6-13(14)17-15(18)9-8-12(3)10-16/h4-7,11-12H,8-10,16H2,1-3H3,(H,17,18). The minimum absolute atomic E-state index is 0.0000983. The molecular formula is C15H24N2O2. The highest BCUT2D eigenvalue weighted by Gasteiger charge is 2.10. The Kier molecular flexibility index (Phi) is 6.36. The zero-order valence-corrected chi connectivity index (χ0v) is 12.0. The second-order valence-electron chi connectivity index (χ2n) is 5.09. The van der Waals surface area contributed by atoms with Gasteiger partial charge in [0.15, 0.2) is 0 Å². The Morgan fingerprint density at radius 2 is 2.00 bits per heavy atom. The highest BCUT2D eigenvalue weighted by Crippen LogP contribution is 2.25. The number of benzene rings is 1. The van der Waals surface area contributed by atoms with Gasteiger partial charge in [-0.2, -0.15) is 0 Å². The smallest absolute Gasteiger partial charge is 0.224 e. The number of carbonyl (C=O) groups excluding carboxylic acids is 1. The fraction of sp³-hybridized carbons (Fsp3) is 0.533. The van der Waals surface area contributed by atoms with Crippen molar-refractivity contribution in [2.75, 3.05) is 11.9 Å². The van der Waals surface area contributed by atoms with Crippen LogP contribution in [0.2, 0.25) is 0 Å². The summed E-state index contributed by atoms with van der Waals surface area (Å²) in [6, 6.07) is 7.48. The summed E-state index contributed by atoms with van der Waals surface area (Å²) in [5.41, 5.74) is 6.26. The molecule has 106 valence electrons. The van der Waals surface area contributed by atoms with Crippen LogP contribution in [0.25, 0.3) is 0 Å². The first kappa shape index (κ1) is 15.5. The molecule has 0 aliphatic rings. The van der Waals surface area contributed by atoms with Crippen molar-refractivity contribution >= 4 is 11.6 Å². The van der Waals surface area contributed by atoms with Gasteiger partial charge in [-0.1, -0.05) is 19.1 Å². The Labute approximate surface area is 115 Å². The van der Waals surface area contributed by atoms with E-state index < -0.39 is 0 Å². The second-order valence-corrected chi connectivity index (χ2v) is 5.09. The highest BCUT2D eigenvalue weighted by molar-refractivity contribution is 5.92. The molecule has 0 aliphatic heterocycles. The molecule has 0 radical (unpaired) electrons. The summed E-state index contributed by atoms with van der Waals surface area (Å²) in [6.07, 6.45) is 1.36. The number of rotatable bonds is 7. The molecular weight excluding hydrogens is 240 g/mol. The molecule has 3 N–H and O–H groups in total. The summed E-state index contributed by atoms with van der Waals surface area (Å²) in [6.45, 7) is 6.58. The van der Waals surface area contributed by atoms with Crippen LogP contribution in [0.4, 0.5) is 5.69 Å². The van der Waals surface area contributed by atoms with E-state index in [0.29, 0.717) is 24.6 Å². The molecule has 0 spiro atoms. The maximum atomic E-state index is 11.9. The third-order valence-electron chi connectivity index (χ3n) is 2.79. The lowest BCUT2D eigenvalue weighted by atomic mass is 10.1. The molecule has 0 heterocycles. The number of amides is 1. The molecule has 1 rings (SSSR count). The van der Waals surface area contributed by atoms with E-state index >= 15 is 0 Å². The van der Waals surface area contributed by atoms with Gasteiger partial charge in [0.05, 0.1) is 11.8 Å². The SMILES string of the molecule is CC(CN)CCC(=O)Nc1ccccc1OC(C)C. The quantitative estimate of drug-likeness (QED) is 0.796. The van der Waals surface area contributed by atoms with Crippen molar-refractivity contribution in [1.82, 2.24) is 0 Å². The molecule has 1 amide bonds. The van der Waals surface area contributed by atoms with Crippen LogP contribution in [0.15, 0.2) is 24.3 Å². The van der Waals surface area contributed by atoms with Crippen LogP contribution in [-0.4, -0.2) is 18.6 Å². The third-order valence-corrected chi connectivity index (χ3v) is 2.79. The maximum absolute atomic E-state index is 11.9. The number of carbonyl (C=O) groups is 1. The average molecular weight is 264 g/mol. The molecule has 0 fully saturated rings. The monoisotopic (exact) mass is 264 g/mol. The van der Waals surface area contributed by atoms with E-state index in [1.165, 1.54) is 0 Å². The Morgan fingerprint density at radius 1 is 1.32 bits per heavy atom. The minimum Gasteiger partial charge on any atom is -0.489 e. The van der Waals surface area contributed by atoms with E-state index in [-0.39, 0.29) is 12.0 Å². The van der Waals surface area contributed by atoms with Crippen LogP contribution in [0.1, 0.15) is 33.6 Å². The molecule has 0 aliphatic carbocycles. The summed E-state index contributed by atoms with van der Waals surface area (Å²) in [7, 11) is 0. The van der Waals surface area contributed by atoms with Gasteiger partial charge in [0, 0.05) is 6.42 Å². The fourth-order valence-corrected chi connectivity index (χ4v) is 1.63. The first-order valence-corrected chi connectivity index (χ1v) is 6.78. The summed E-state index contributed by atoms with van der Waals surface area (Å²) in [4.78, 5) is 11.9. The van der Waals surface area contributed by atoms with E-state index in [0.717, 1.165) is 12.1 Å². The van der Waals surface area contributed by atoms with Crippen molar-refractivity contribution in [3.05, 3.63) is 24.3 Å². The van der Waals surface area contributed by atoms with Crippen LogP contribution in [-0.2, 0) is 4.79 Å². The van der Waals surface area contributed by atoms with E-state index in [4.69, 9.17) is 10.5 Å². The lowest BCUT2D eigenvalue weighted by Crippen LogP contribution is -2.17. The maximum Gasteiger partial charge on any atom is 0.224 e. The summed E-state index contributed by atoms with van der Waals surface area (Å²) in [5.74, 6) is 1.07. The summed E-state index contributed by atoms with van der Waals surface area (Å²) < 4.78 is 5.66. The Bertz CT molecular complexity index is 405. The summed E-state index contributed by atoms with van der Waals surface area (Å²) >= 11 is 0. The molecule has 0 saturated carbocycles. The van der Waals surface area contributed by atoms with Gasteiger partial charge in [-0.05, 0) is 44.9 Å². The van der Waals surface area contributed by atoms with Gasteiger partial charge in [0.25, 0.3) is 0 Å². The second kappa shape index (κ2) is 7.79. The van der Waals surface area contributed by atoms with Crippen molar-refractivity contribution in [2.24, 2.45) is 11.7 Å². The van der Waals surface area contributed by atoms with Crippen molar-refractivity contribution in [1.29, 1.82) is 0 Å². The fourth-order valence-electron chi connectivity index (χ4n) is 1.63. The topological polar surface area (TPSA) is 64.4 Å². The van der Waals surface area contributed by atoms with E-state index in [1.807, 2.05) is 45.0 Å². The van der Waals surface area contributed by atoms with Gasteiger partial charge in [-0.15, -0.1) is 0 Å². The normalized spacial score (nSPS) is 12.3. The van der Waals surface area contributed by atoms with Gasteiger partial charge in [0.2, 0.25) is 5.91 Å². The molecule has 0 aromatic heterocycles. The molecule has 19 heavy (non-hydrogen) atoms. The predicted octanol–water partition coefficient (Wildman–Crippen LogP) is 2.79. The third kappa shape index (κ3) is 5.75. The average Bonchev–Trinajstić information content (AvgIpc) is 2.37. The molecule has 0 bridgehead atoms. The number of anilines is 1. The zero-order valence-electron chi connectivity index (χ0n) is 12.0. The first-order valence-electron chi connectivity index (χ1n) is 6.78. The van der Waals surface area contributed by atoms with Crippen molar-refractivity contribution in [3.63, 3.8) is 0 Å². The van der Waals surface area contributed by atoms with Gasteiger partial charge in [0.1, 0.15) is 5.75 Å². The van der Waals surface area contributed by atoms with E-state index in [2.05, 4.69) is 5.32 Å². The van der Waals surface area contributed by atoms with Gasteiger partial charge >= 0.3 is 0 Å². The molecule has 0 saturated heterocycles. The predicted molar refractivity (Wildman–Crippen MR) is 78.3 cm³/mol. The van der Waals surface area contributed by atoms with Gasteiger partial charge in [-0.3, -0.25) is 4.79 Å². The number of ether oxygens (including phenoxy) is 1. The Balaban J connectivity index is 2.58. The molecule has 4 heteroatoms. The zero-order chi connectivity index (χ0) is 14.3. The number of hydrogen-bond donors (Lipinski definition) is 2. The number of hydrogen-bond acceptors (Lipinski definition) is 3. The number of nitrogens with two attached hydrogens (primary N) is 1. The summed E-state index contributed by atoms with van der Waals surface area (Å²) in [5, 5.41) is 2.89. The van der Waals surface area contributed by atoms with Crippen LogP contribution in [0, 0.1) is 5.92 Å². The van der Waals surface area contributed by atoms with Gasteiger partial charge in [-0.25, -0.2) is 0 Å². The molecule has 1 atom stereocenters. The molecule has 4 nitrogen and oxygen atoms in total. The van der Waals surface area contributed by atoms with Crippen molar-refractivity contribution in [2.45, 2.75) is 39.7 Å². The number of para-hydroxylation sites is 2. The van der Waals surface area contributed by atoms with Crippen molar-refractivity contribution < 1.29 is 9.53 Å². The molecule has 1 unspecified atom stereocenters. The van der Waals surface area contributed by atoms with Crippen LogP contribution in [0.5, 0.6) is 5.75 Å². The first-order chi connectivity index (χ1) is 9.02. The Hall–Kier alpha value is -1.55. The van der Waals surface area contributed by atoms with Crippen LogP contribution in [0.3, 0.4) is 0 Å². The van der Waals surface area contributed by atoms with Crippen LogP contribution < -0.4 is 15.8 Å². The largest absolute Gasteiger partial charge is 0.489 e. The highest BCUT2D eigenvalue weighted by atomic mass is 16.5. The molecule has 1 aromatic rings.